The van der Waals surface area contributed by atoms with Gasteiger partial charge in [0.05, 0.1) is 18.3 Å². The fraction of sp³-hybridized carbons (Fsp3) is 0.143. The largest absolute Gasteiger partial charge is 0.497 e. The van der Waals surface area contributed by atoms with Gasteiger partial charge in [0.1, 0.15) is 11.4 Å². The zero-order valence-electron chi connectivity index (χ0n) is 14.7. The van der Waals surface area contributed by atoms with Crippen LogP contribution in [-0.4, -0.2) is 23.0 Å². The minimum Gasteiger partial charge on any atom is -0.497 e. The second-order valence-electron chi connectivity index (χ2n) is 6.22. The fourth-order valence-electron chi connectivity index (χ4n) is 3.14. The number of aromatic amines is 1. The molecule has 4 aromatic rings. The Morgan fingerprint density at radius 2 is 1.88 bits per heavy atom. The molecule has 0 aliphatic rings. The molecule has 5 heteroatoms. The average molecular weight is 345 g/mol. The number of ether oxygens (including phenoxy) is 1. The molecule has 0 radical (unpaired) electrons. The highest BCUT2D eigenvalue weighted by Crippen LogP contribution is 2.27. The van der Waals surface area contributed by atoms with Crippen LogP contribution in [0, 0.1) is 6.92 Å². The fourth-order valence-corrected chi connectivity index (χ4v) is 3.14. The zero-order chi connectivity index (χ0) is 18.1. The minimum atomic E-state index is -0.184. The lowest BCUT2D eigenvalue weighted by Gasteiger charge is -2.07. The average Bonchev–Trinajstić information content (AvgIpc) is 3.06. The van der Waals surface area contributed by atoms with E-state index in [-0.39, 0.29) is 5.91 Å². The summed E-state index contributed by atoms with van der Waals surface area (Å²) in [5, 5.41) is 5.04. The molecule has 0 aliphatic carbocycles. The second-order valence-corrected chi connectivity index (χ2v) is 6.22. The molecule has 2 N–H and O–H groups in total. The number of fused-ring (bicyclic) bond motifs is 3. The maximum absolute atomic E-state index is 12.6. The molecule has 4 rings (SSSR count). The molecule has 0 saturated carbocycles. The molecule has 0 fully saturated rings. The lowest BCUT2D eigenvalue weighted by Crippen LogP contribution is -2.24. The van der Waals surface area contributed by atoms with Gasteiger partial charge < -0.3 is 15.0 Å². The van der Waals surface area contributed by atoms with Crippen molar-refractivity contribution in [3.05, 3.63) is 71.5 Å². The summed E-state index contributed by atoms with van der Waals surface area (Å²) in [5.41, 5.74) is 4.26. The molecule has 5 nitrogen and oxygen atoms in total. The molecule has 2 aromatic heterocycles. The number of carbonyl (C=O) groups excluding carboxylic acids is 1. The number of pyridine rings is 1. The molecule has 0 unspecified atom stereocenters. The van der Waals surface area contributed by atoms with Crippen LogP contribution in [0.5, 0.6) is 5.75 Å². The number of methoxy groups -OCH3 is 1. The van der Waals surface area contributed by atoms with E-state index in [9.17, 15) is 4.79 Å². The third-order valence-electron chi connectivity index (χ3n) is 4.52. The third-order valence-corrected chi connectivity index (χ3v) is 4.52. The molecule has 1 amide bonds. The summed E-state index contributed by atoms with van der Waals surface area (Å²) in [5.74, 6) is 0.609. The summed E-state index contributed by atoms with van der Waals surface area (Å²) in [7, 11) is 1.63. The molecular formula is C21H19N3O2. The smallest absolute Gasteiger partial charge is 0.270 e. The Kier molecular flexibility index (Phi) is 4.05. The van der Waals surface area contributed by atoms with Gasteiger partial charge in [0.2, 0.25) is 0 Å². The van der Waals surface area contributed by atoms with Crippen molar-refractivity contribution in [2.45, 2.75) is 13.5 Å². The van der Waals surface area contributed by atoms with Crippen LogP contribution in [0.15, 0.2) is 54.6 Å². The predicted molar refractivity (Wildman–Crippen MR) is 103 cm³/mol. The van der Waals surface area contributed by atoms with Gasteiger partial charge in [-0.1, -0.05) is 30.3 Å². The first-order chi connectivity index (χ1) is 12.7. The predicted octanol–water partition coefficient (Wildman–Crippen LogP) is 3.96. The maximum atomic E-state index is 12.6. The van der Waals surface area contributed by atoms with E-state index in [1.807, 2.05) is 61.5 Å². The normalized spacial score (nSPS) is 11.0. The molecule has 130 valence electrons. The van der Waals surface area contributed by atoms with Crippen molar-refractivity contribution in [2.24, 2.45) is 0 Å². The van der Waals surface area contributed by atoms with E-state index in [2.05, 4.69) is 15.3 Å². The summed E-state index contributed by atoms with van der Waals surface area (Å²) in [6.45, 7) is 2.35. The summed E-state index contributed by atoms with van der Waals surface area (Å²) < 4.78 is 5.15. The molecule has 0 spiro atoms. The molecule has 0 aliphatic heterocycles. The number of aromatic nitrogens is 2. The van der Waals surface area contributed by atoms with E-state index in [0.29, 0.717) is 12.2 Å². The Labute approximate surface area is 151 Å². The first-order valence-electron chi connectivity index (χ1n) is 8.45. The second kappa shape index (κ2) is 6.52. The molecule has 2 heterocycles. The lowest BCUT2D eigenvalue weighted by atomic mass is 10.1. The Hall–Kier alpha value is -3.34. The van der Waals surface area contributed by atoms with Crippen molar-refractivity contribution in [3.63, 3.8) is 0 Å². The van der Waals surface area contributed by atoms with Gasteiger partial charge in [-0.2, -0.15) is 0 Å². The number of amides is 1. The molecular weight excluding hydrogens is 326 g/mol. The summed E-state index contributed by atoms with van der Waals surface area (Å²) >= 11 is 0. The summed E-state index contributed by atoms with van der Waals surface area (Å²) in [6, 6.07) is 17.5. The van der Waals surface area contributed by atoms with Crippen LogP contribution in [0.1, 0.15) is 21.7 Å². The van der Waals surface area contributed by atoms with Gasteiger partial charge >= 0.3 is 0 Å². The van der Waals surface area contributed by atoms with Crippen LogP contribution < -0.4 is 10.1 Å². The van der Waals surface area contributed by atoms with Crippen molar-refractivity contribution in [1.82, 2.24) is 15.3 Å². The Balaban J connectivity index is 1.60. The van der Waals surface area contributed by atoms with E-state index in [0.717, 1.165) is 38.8 Å². The number of hydrogen-bond acceptors (Lipinski definition) is 3. The molecule has 0 bridgehead atoms. The quantitative estimate of drug-likeness (QED) is 0.588. The molecule has 0 saturated heterocycles. The highest BCUT2D eigenvalue weighted by Gasteiger charge is 2.13. The van der Waals surface area contributed by atoms with Crippen molar-refractivity contribution >= 4 is 27.7 Å². The van der Waals surface area contributed by atoms with Crippen molar-refractivity contribution in [2.75, 3.05) is 7.11 Å². The number of nitrogens with zero attached hydrogens (tertiary/aromatic N) is 1. The SMILES string of the molecule is COc1ccc(CNC(=O)c2cc3c([nH]c4ccccc43)c(C)n2)cc1. The van der Waals surface area contributed by atoms with Crippen LogP contribution in [0.4, 0.5) is 0 Å². The van der Waals surface area contributed by atoms with Crippen molar-refractivity contribution in [1.29, 1.82) is 0 Å². The van der Waals surface area contributed by atoms with Gasteiger partial charge in [-0.25, -0.2) is 4.98 Å². The Morgan fingerprint density at radius 3 is 2.65 bits per heavy atom. The summed E-state index contributed by atoms with van der Waals surface area (Å²) in [6.07, 6.45) is 0. The van der Waals surface area contributed by atoms with Gasteiger partial charge in [0.25, 0.3) is 5.91 Å². The van der Waals surface area contributed by atoms with E-state index >= 15 is 0 Å². The summed E-state index contributed by atoms with van der Waals surface area (Å²) in [4.78, 5) is 20.4. The van der Waals surface area contributed by atoms with E-state index in [1.54, 1.807) is 7.11 Å². The van der Waals surface area contributed by atoms with Gasteiger partial charge in [-0.05, 0) is 36.8 Å². The van der Waals surface area contributed by atoms with E-state index in [1.165, 1.54) is 0 Å². The maximum Gasteiger partial charge on any atom is 0.270 e. The van der Waals surface area contributed by atoms with Gasteiger partial charge in [0, 0.05) is 22.8 Å². The molecule has 26 heavy (non-hydrogen) atoms. The number of nitrogens with one attached hydrogen (secondary N) is 2. The van der Waals surface area contributed by atoms with Crippen LogP contribution >= 0.6 is 0 Å². The zero-order valence-corrected chi connectivity index (χ0v) is 14.7. The van der Waals surface area contributed by atoms with Crippen LogP contribution in [0.2, 0.25) is 0 Å². The Bertz CT molecular complexity index is 1100. The number of H-pyrrole nitrogens is 1. The number of rotatable bonds is 4. The topological polar surface area (TPSA) is 67.0 Å². The number of benzene rings is 2. The van der Waals surface area contributed by atoms with E-state index < -0.39 is 0 Å². The van der Waals surface area contributed by atoms with Crippen LogP contribution in [0.3, 0.4) is 0 Å². The van der Waals surface area contributed by atoms with E-state index in [4.69, 9.17) is 4.74 Å². The Morgan fingerprint density at radius 1 is 1.12 bits per heavy atom. The number of carbonyl (C=O) groups is 1. The van der Waals surface area contributed by atoms with Gasteiger partial charge in [0.15, 0.2) is 0 Å². The monoisotopic (exact) mass is 345 g/mol. The molecule has 0 atom stereocenters. The van der Waals surface area contributed by atoms with Crippen LogP contribution in [0.25, 0.3) is 21.8 Å². The number of aryl methyl sites for hydroxylation is 1. The van der Waals surface area contributed by atoms with Crippen molar-refractivity contribution in [3.8, 4) is 5.75 Å². The number of hydrogen-bond donors (Lipinski definition) is 2. The van der Waals surface area contributed by atoms with Gasteiger partial charge in [-0.3, -0.25) is 4.79 Å². The minimum absolute atomic E-state index is 0.184. The van der Waals surface area contributed by atoms with Gasteiger partial charge in [-0.15, -0.1) is 0 Å². The number of para-hydroxylation sites is 1. The molecule has 2 aromatic carbocycles. The highest BCUT2D eigenvalue weighted by molar-refractivity contribution is 6.10. The van der Waals surface area contributed by atoms with Crippen molar-refractivity contribution < 1.29 is 9.53 Å². The lowest BCUT2D eigenvalue weighted by molar-refractivity contribution is 0.0946. The highest BCUT2D eigenvalue weighted by atomic mass is 16.5. The third kappa shape index (κ3) is 2.88. The first-order valence-corrected chi connectivity index (χ1v) is 8.45. The standard InChI is InChI=1S/C21H19N3O2/c1-13-20-17(16-5-3-4-6-18(16)24-20)11-19(23-13)21(25)22-12-14-7-9-15(26-2)10-8-14/h3-11,24H,12H2,1-2H3,(H,22,25). The van der Waals surface area contributed by atoms with Crippen LogP contribution in [-0.2, 0) is 6.54 Å². The first kappa shape index (κ1) is 16.1.